The predicted octanol–water partition coefficient (Wildman–Crippen LogP) is 0.655. The summed E-state index contributed by atoms with van der Waals surface area (Å²) in [5.41, 5.74) is 0.482. The highest BCUT2D eigenvalue weighted by molar-refractivity contribution is 5.99. The molecule has 33 heavy (non-hydrogen) atoms. The van der Waals surface area contributed by atoms with Gasteiger partial charge < -0.3 is 10.2 Å². The van der Waals surface area contributed by atoms with Crippen molar-refractivity contribution in [2.24, 2.45) is 5.92 Å². The molecule has 4 amide bonds. The number of aryl methyl sites for hydroxylation is 1. The highest BCUT2D eigenvalue weighted by Gasteiger charge is 2.45. The van der Waals surface area contributed by atoms with E-state index in [9.17, 15) is 19.2 Å². The molecule has 3 aliphatic heterocycles. The van der Waals surface area contributed by atoms with Crippen LogP contribution in [0.5, 0.6) is 0 Å². The highest BCUT2D eigenvalue weighted by atomic mass is 16.2. The van der Waals surface area contributed by atoms with Gasteiger partial charge in [-0.25, -0.2) is 9.78 Å². The third-order valence-electron chi connectivity index (χ3n) is 6.99. The van der Waals surface area contributed by atoms with Crippen molar-refractivity contribution in [1.82, 2.24) is 30.0 Å². The smallest absolute Gasteiger partial charge is 0.325 e. The van der Waals surface area contributed by atoms with Gasteiger partial charge in [0.15, 0.2) is 0 Å². The molecule has 10 heteroatoms. The number of benzene rings is 1. The van der Waals surface area contributed by atoms with E-state index in [-0.39, 0.29) is 54.5 Å². The minimum absolute atomic E-state index is 0.0422. The SMILES string of the molecule is O=C(CCn1cnc2ccccc2c1=O)N1CCC(N2C(=O)NC3NCCCC3C2=O)CC1. The van der Waals surface area contributed by atoms with Crippen LogP contribution in [0, 0.1) is 5.92 Å². The summed E-state index contributed by atoms with van der Waals surface area (Å²) in [6, 6.07) is 6.60. The van der Waals surface area contributed by atoms with Gasteiger partial charge in [-0.1, -0.05) is 12.1 Å². The van der Waals surface area contributed by atoms with Gasteiger partial charge in [0.2, 0.25) is 11.8 Å². The molecule has 1 aromatic carbocycles. The quantitative estimate of drug-likeness (QED) is 0.704. The van der Waals surface area contributed by atoms with Crippen LogP contribution in [0.15, 0.2) is 35.4 Å². The van der Waals surface area contributed by atoms with E-state index >= 15 is 0 Å². The van der Waals surface area contributed by atoms with Crippen molar-refractivity contribution in [3.8, 4) is 0 Å². The number of nitrogens with one attached hydrogen (secondary N) is 2. The summed E-state index contributed by atoms with van der Waals surface area (Å²) < 4.78 is 1.47. The van der Waals surface area contributed by atoms with Crippen molar-refractivity contribution in [3.63, 3.8) is 0 Å². The van der Waals surface area contributed by atoms with Crippen LogP contribution in [0.4, 0.5) is 4.79 Å². The van der Waals surface area contributed by atoms with E-state index in [0.717, 1.165) is 19.4 Å². The molecule has 1 aromatic heterocycles. The van der Waals surface area contributed by atoms with E-state index in [1.54, 1.807) is 23.1 Å². The molecule has 10 nitrogen and oxygen atoms in total. The lowest BCUT2D eigenvalue weighted by Crippen LogP contribution is -2.68. The maximum absolute atomic E-state index is 13.0. The molecule has 2 atom stereocenters. The van der Waals surface area contributed by atoms with E-state index in [0.29, 0.717) is 36.8 Å². The Balaban J connectivity index is 1.17. The molecule has 0 saturated carbocycles. The molecule has 0 bridgehead atoms. The van der Waals surface area contributed by atoms with Gasteiger partial charge in [0.25, 0.3) is 5.56 Å². The fraction of sp³-hybridized carbons (Fsp3) is 0.522. The summed E-state index contributed by atoms with van der Waals surface area (Å²) >= 11 is 0. The lowest BCUT2D eigenvalue weighted by atomic mass is 9.90. The largest absolute Gasteiger partial charge is 0.342 e. The number of rotatable bonds is 4. The third kappa shape index (κ3) is 4.10. The van der Waals surface area contributed by atoms with Crippen LogP contribution in [0.2, 0.25) is 0 Å². The Morgan fingerprint density at radius 2 is 1.88 bits per heavy atom. The van der Waals surface area contributed by atoms with Gasteiger partial charge in [-0.3, -0.25) is 29.2 Å². The summed E-state index contributed by atoms with van der Waals surface area (Å²) in [7, 11) is 0. The molecular formula is C23H28N6O4. The van der Waals surface area contributed by atoms with Crippen molar-refractivity contribution in [2.45, 2.75) is 50.9 Å². The summed E-state index contributed by atoms with van der Waals surface area (Å²) in [6.45, 7) is 2.03. The second-order valence-electron chi connectivity index (χ2n) is 8.96. The molecule has 3 saturated heterocycles. The van der Waals surface area contributed by atoms with E-state index < -0.39 is 0 Å². The van der Waals surface area contributed by atoms with E-state index in [4.69, 9.17) is 0 Å². The Hall–Kier alpha value is -3.27. The van der Waals surface area contributed by atoms with E-state index in [2.05, 4.69) is 15.6 Å². The molecule has 0 radical (unpaired) electrons. The maximum atomic E-state index is 13.0. The fourth-order valence-corrected chi connectivity index (χ4v) is 5.15. The summed E-state index contributed by atoms with van der Waals surface area (Å²) in [5, 5.41) is 6.67. The lowest BCUT2D eigenvalue weighted by Gasteiger charge is -2.45. The second kappa shape index (κ2) is 8.93. The number of carbonyl (C=O) groups is 3. The minimum atomic E-state index is -0.344. The standard InChI is InChI=1S/C23H28N6O4/c30-19(9-13-28-14-25-18-6-2-1-4-16(18)21(28)31)27-11-7-15(8-12-27)29-22(32)17-5-3-10-24-20(17)26-23(29)33/h1-2,4,6,14-15,17,20,24H,3,5,7-13H2,(H,26,33). The zero-order chi connectivity index (χ0) is 22.9. The van der Waals surface area contributed by atoms with Gasteiger partial charge in [-0.15, -0.1) is 0 Å². The van der Waals surface area contributed by atoms with Crippen LogP contribution in [-0.4, -0.2) is 69.0 Å². The molecule has 0 aliphatic carbocycles. The third-order valence-corrected chi connectivity index (χ3v) is 6.99. The number of aromatic nitrogens is 2. The van der Waals surface area contributed by atoms with Gasteiger partial charge in [-0.05, 0) is 44.4 Å². The Labute approximate surface area is 190 Å². The molecule has 3 aliphatic rings. The number of hydrogen-bond acceptors (Lipinski definition) is 6. The van der Waals surface area contributed by atoms with Crippen molar-refractivity contribution in [2.75, 3.05) is 19.6 Å². The van der Waals surface area contributed by atoms with Crippen LogP contribution in [0.3, 0.4) is 0 Å². The topological polar surface area (TPSA) is 117 Å². The Bertz CT molecular complexity index is 1140. The Morgan fingerprint density at radius 1 is 1.09 bits per heavy atom. The molecule has 0 spiro atoms. The Morgan fingerprint density at radius 3 is 2.70 bits per heavy atom. The zero-order valence-corrected chi connectivity index (χ0v) is 18.4. The van der Waals surface area contributed by atoms with Crippen molar-refractivity contribution in [1.29, 1.82) is 0 Å². The van der Waals surface area contributed by atoms with Crippen LogP contribution in [0.25, 0.3) is 10.9 Å². The molecule has 174 valence electrons. The number of para-hydroxylation sites is 1. The number of piperidine rings is 2. The van der Waals surface area contributed by atoms with Gasteiger partial charge in [0, 0.05) is 32.1 Å². The van der Waals surface area contributed by atoms with E-state index in [1.165, 1.54) is 15.8 Å². The van der Waals surface area contributed by atoms with Crippen LogP contribution in [-0.2, 0) is 16.1 Å². The number of likely N-dealkylation sites (tertiary alicyclic amines) is 1. The van der Waals surface area contributed by atoms with Crippen LogP contribution in [0.1, 0.15) is 32.1 Å². The molecule has 5 rings (SSSR count). The average molecular weight is 453 g/mol. The maximum Gasteiger partial charge on any atom is 0.325 e. The number of fused-ring (bicyclic) bond motifs is 2. The molecule has 4 heterocycles. The van der Waals surface area contributed by atoms with Gasteiger partial charge in [0.05, 0.1) is 29.3 Å². The van der Waals surface area contributed by atoms with Crippen LogP contribution >= 0.6 is 0 Å². The number of nitrogens with zero attached hydrogens (tertiary/aromatic N) is 4. The molecular weight excluding hydrogens is 424 g/mol. The normalized spacial score (nSPS) is 24.0. The first kappa shape index (κ1) is 21.6. The fourth-order valence-electron chi connectivity index (χ4n) is 5.15. The summed E-state index contributed by atoms with van der Waals surface area (Å²) in [5.74, 6) is -0.367. The Kier molecular flexibility index (Phi) is 5.84. The average Bonchev–Trinajstić information content (AvgIpc) is 2.84. The second-order valence-corrected chi connectivity index (χ2v) is 8.96. The molecule has 2 aromatic rings. The van der Waals surface area contributed by atoms with Crippen LogP contribution < -0.4 is 16.2 Å². The first-order chi connectivity index (χ1) is 16.0. The van der Waals surface area contributed by atoms with Crippen molar-refractivity contribution in [3.05, 3.63) is 40.9 Å². The lowest BCUT2D eigenvalue weighted by molar-refractivity contribution is -0.140. The molecule has 2 unspecified atom stereocenters. The highest BCUT2D eigenvalue weighted by Crippen LogP contribution is 2.27. The molecule has 3 fully saturated rings. The number of hydrogen-bond donors (Lipinski definition) is 2. The number of urea groups is 1. The predicted molar refractivity (Wildman–Crippen MR) is 120 cm³/mol. The minimum Gasteiger partial charge on any atom is -0.342 e. The van der Waals surface area contributed by atoms with Crippen molar-refractivity contribution >= 4 is 28.7 Å². The number of carbonyl (C=O) groups excluding carboxylic acids is 3. The summed E-state index contributed by atoms with van der Waals surface area (Å²) in [6.07, 6.45) is 4.22. The van der Waals surface area contributed by atoms with Gasteiger partial charge >= 0.3 is 6.03 Å². The number of imide groups is 1. The first-order valence-electron chi connectivity index (χ1n) is 11.6. The zero-order valence-electron chi connectivity index (χ0n) is 18.4. The molecule has 2 N–H and O–H groups in total. The monoisotopic (exact) mass is 452 g/mol. The van der Waals surface area contributed by atoms with Crippen molar-refractivity contribution < 1.29 is 14.4 Å². The first-order valence-corrected chi connectivity index (χ1v) is 11.6. The van der Waals surface area contributed by atoms with Gasteiger partial charge in [0.1, 0.15) is 0 Å². The number of amides is 4. The van der Waals surface area contributed by atoms with E-state index in [1.807, 2.05) is 6.07 Å². The summed E-state index contributed by atoms with van der Waals surface area (Å²) in [4.78, 5) is 58.4. The van der Waals surface area contributed by atoms with Gasteiger partial charge in [-0.2, -0.15) is 0 Å².